The van der Waals surface area contributed by atoms with Gasteiger partial charge >= 0.3 is 0 Å². The van der Waals surface area contributed by atoms with Crippen LogP contribution in [0.5, 0.6) is 0 Å². The summed E-state index contributed by atoms with van der Waals surface area (Å²) >= 11 is 0. The Bertz CT molecular complexity index is 1150. The molecule has 0 saturated heterocycles. The Balaban J connectivity index is 1.20. The number of carbonyl (C=O) groups excluding carboxylic acids is 1. The smallest absolute Gasteiger partial charge is 0.140 e. The maximum Gasteiger partial charge on any atom is 0.140 e. The molecule has 2 heterocycles. The van der Waals surface area contributed by atoms with E-state index >= 15 is 0 Å². The third-order valence-corrected chi connectivity index (χ3v) is 7.15. The van der Waals surface area contributed by atoms with Gasteiger partial charge in [-0.2, -0.15) is 5.26 Å². The summed E-state index contributed by atoms with van der Waals surface area (Å²) < 4.78 is 13.8. The molecular weight excluding hydrogens is 389 g/mol. The van der Waals surface area contributed by atoms with E-state index in [-0.39, 0.29) is 11.6 Å². The van der Waals surface area contributed by atoms with Gasteiger partial charge in [0.2, 0.25) is 0 Å². The number of Topliss-reactive ketones (excluding diaryl/α,β-unsaturated/α-hetero) is 1. The van der Waals surface area contributed by atoms with Gasteiger partial charge in [0.1, 0.15) is 23.4 Å². The highest BCUT2D eigenvalue weighted by Gasteiger charge is 2.42. The molecule has 0 aliphatic heterocycles. The van der Waals surface area contributed by atoms with E-state index in [2.05, 4.69) is 16.0 Å². The highest BCUT2D eigenvalue weighted by Crippen LogP contribution is 2.53. The molecule has 2 aliphatic carbocycles. The lowest BCUT2D eigenvalue weighted by molar-refractivity contribution is -0.119. The Kier molecular flexibility index (Phi) is 5.23. The molecule has 0 radical (unpaired) electrons. The first-order valence-corrected chi connectivity index (χ1v) is 11.0. The molecule has 0 amide bonds. The lowest BCUT2D eigenvalue weighted by Gasteiger charge is -2.16. The second-order valence-corrected chi connectivity index (χ2v) is 9.17. The summed E-state index contributed by atoms with van der Waals surface area (Å²) in [4.78, 5) is 21.0. The first kappa shape index (κ1) is 19.8. The second-order valence-electron chi connectivity index (χ2n) is 9.17. The van der Waals surface area contributed by atoms with Crippen LogP contribution < -0.4 is 0 Å². The maximum absolute atomic E-state index is 13.8. The predicted octanol–water partition coefficient (Wildman–Crippen LogP) is 5.36. The van der Waals surface area contributed by atoms with E-state index in [9.17, 15) is 9.18 Å². The summed E-state index contributed by atoms with van der Waals surface area (Å²) in [6.07, 6.45) is 8.93. The van der Waals surface area contributed by atoms with Crippen LogP contribution in [0.2, 0.25) is 0 Å². The van der Waals surface area contributed by atoms with Gasteiger partial charge in [0.15, 0.2) is 0 Å². The molecule has 0 spiro atoms. The molecule has 0 bridgehead atoms. The van der Waals surface area contributed by atoms with Crippen LogP contribution in [-0.2, 0) is 11.2 Å². The monoisotopic (exact) mass is 413 g/mol. The fourth-order valence-corrected chi connectivity index (χ4v) is 5.88. The maximum atomic E-state index is 13.8. The third-order valence-electron chi connectivity index (χ3n) is 7.15. The van der Waals surface area contributed by atoms with Crippen LogP contribution in [0, 0.1) is 34.9 Å². The molecule has 31 heavy (non-hydrogen) atoms. The number of benzene rings is 1. The van der Waals surface area contributed by atoms with Crippen LogP contribution in [0.4, 0.5) is 4.39 Å². The van der Waals surface area contributed by atoms with Crippen LogP contribution >= 0.6 is 0 Å². The van der Waals surface area contributed by atoms with Gasteiger partial charge < -0.3 is 0 Å². The molecule has 2 unspecified atom stereocenters. The van der Waals surface area contributed by atoms with Crippen molar-refractivity contribution in [3.63, 3.8) is 0 Å². The van der Waals surface area contributed by atoms with Crippen molar-refractivity contribution >= 4 is 16.7 Å². The van der Waals surface area contributed by atoms with E-state index in [0.717, 1.165) is 42.1 Å². The summed E-state index contributed by atoms with van der Waals surface area (Å²) in [5.74, 6) is 2.25. The Morgan fingerprint density at radius 2 is 1.87 bits per heavy atom. The van der Waals surface area contributed by atoms with E-state index in [0.29, 0.717) is 42.2 Å². The molecule has 0 N–H and O–H groups in total. The standard InChI is InChI=1S/C26H24FN3O/c27-21-2-4-26-25(13-21)24(5-6-29-26)20-11-18-7-17(8-19(18)12-20)10-23(31)9-16-1-3-22(14-28)30-15-16/h1-6,13,15,17-20H,7-12H2/t17?,18-,19+,20?. The summed E-state index contributed by atoms with van der Waals surface area (Å²) in [6.45, 7) is 0. The number of aromatic nitrogens is 2. The van der Waals surface area contributed by atoms with E-state index < -0.39 is 0 Å². The van der Waals surface area contributed by atoms with Crippen molar-refractivity contribution in [2.24, 2.45) is 17.8 Å². The Labute approximate surface area is 181 Å². The molecule has 2 saturated carbocycles. The van der Waals surface area contributed by atoms with E-state index in [1.165, 1.54) is 11.6 Å². The third kappa shape index (κ3) is 4.07. The lowest BCUT2D eigenvalue weighted by atomic mass is 9.89. The van der Waals surface area contributed by atoms with Crippen LogP contribution in [0.3, 0.4) is 0 Å². The van der Waals surface area contributed by atoms with E-state index in [1.54, 1.807) is 24.4 Å². The van der Waals surface area contributed by atoms with Gasteiger partial charge in [0.05, 0.1) is 5.52 Å². The van der Waals surface area contributed by atoms with Crippen molar-refractivity contribution in [2.45, 2.75) is 44.4 Å². The molecule has 5 rings (SSSR count). The minimum atomic E-state index is -0.212. The average molecular weight is 413 g/mol. The van der Waals surface area contributed by atoms with E-state index in [4.69, 9.17) is 5.26 Å². The van der Waals surface area contributed by atoms with Gasteiger partial charge in [-0.1, -0.05) is 6.07 Å². The summed E-state index contributed by atoms with van der Waals surface area (Å²) in [6, 6.07) is 12.4. The molecule has 5 heteroatoms. The van der Waals surface area contributed by atoms with Crippen LogP contribution in [0.1, 0.15) is 54.8 Å². The minimum absolute atomic E-state index is 0.212. The van der Waals surface area contributed by atoms with Gasteiger partial charge in [-0.25, -0.2) is 9.37 Å². The first-order chi connectivity index (χ1) is 15.1. The number of halogens is 1. The molecule has 2 fully saturated rings. The highest BCUT2D eigenvalue weighted by molar-refractivity contribution is 5.82. The Hall–Kier alpha value is -3.13. The Morgan fingerprint density at radius 3 is 2.58 bits per heavy atom. The fourth-order valence-electron chi connectivity index (χ4n) is 5.88. The van der Waals surface area contributed by atoms with Crippen molar-refractivity contribution in [3.8, 4) is 6.07 Å². The molecule has 156 valence electrons. The van der Waals surface area contributed by atoms with Crippen molar-refractivity contribution in [2.75, 3.05) is 0 Å². The number of hydrogen-bond donors (Lipinski definition) is 0. The number of fused-ring (bicyclic) bond motifs is 2. The topological polar surface area (TPSA) is 66.6 Å². The van der Waals surface area contributed by atoms with Crippen LogP contribution in [0.25, 0.3) is 10.9 Å². The molecule has 3 aromatic rings. The SMILES string of the molecule is N#Cc1ccc(CC(=O)CC2C[C@@H]3CC(c4ccnc5ccc(F)cc45)C[C@@H]3C2)cn1. The summed E-state index contributed by atoms with van der Waals surface area (Å²) in [5.41, 5.74) is 3.33. The quantitative estimate of drug-likeness (QED) is 0.565. The number of ketones is 1. The lowest BCUT2D eigenvalue weighted by Crippen LogP contribution is -2.10. The van der Waals surface area contributed by atoms with Gasteiger partial charge in [0.25, 0.3) is 0 Å². The Morgan fingerprint density at radius 1 is 1.06 bits per heavy atom. The normalized spacial score (nSPS) is 24.8. The van der Waals surface area contributed by atoms with Gasteiger partial charge in [-0.15, -0.1) is 0 Å². The van der Waals surface area contributed by atoms with Crippen molar-refractivity contribution in [1.29, 1.82) is 5.26 Å². The predicted molar refractivity (Wildman–Crippen MR) is 116 cm³/mol. The molecule has 1 aromatic carbocycles. The number of pyridine rings is 2. The van der Waals surface area contributed by atoms with Gasteiger partial charge in [-0.05, 0) is 90.8 Å². The molecule has 4 atom stereocenters. The number of carbonyl (C=O) groups is 1. The number of nitrogens with zero attached hydrogens (tertiary/aromatic N) is 3. The van der Waals surface area contributed by atoms with Gasteiger partial charge in [0, 0.05) is 30.6 Å². The molecule has 4 nitrogen and oxygen atoms in total. The van der Waals surface area contributed by atoms with Crippen LogP contribution in [-0.4, -0.2) is 15.8 Å². The molecule has 2 aromatic heterocycles. The summed E-state index contributed by atoms with van der Waals surface area (Å²) in [7, 11) is 0. The zero-order valence-corrected chi connectivity index (χ0v) is 17.3. The van der Waals surface area contributed by atoms with Crippen LogP contribution in [0.15, 0.2) is 48.8 Å². The minimum Gasteiger partial charge on any atom is -0.299 e. The zero-order valence-electron chi connectivity index (χ0n) is 17.3. The summed E-state index contributed by atoms with van der Waals surface area (Å²) in [5, 5.41) is 9.78. The van der Waals surface area contributed by atoms with Crippen molar-refractivity contribution in [3.05, 3.63) is 71.4 Å². The van der Waals surface area contributed by atoms with E-state index in [1.807, 2.05) is 18.3 Å². The zero-order chi connectivity index (χ0) is 21.4. The first-order valence-electron chi connectivity index (χ1n) is 11.0. The van der Waals surface area contributed by atoms with Gasteiger partial charge in [-0.3, -0.25) is 9.78 Å². The number of rotatable bonds is 5. The largest absolute Gasteiger partial charge is 0.299 e. The number of hydrogen-bond acceptors (Lipinski definition) is 4. The number of nitriles is 1. The highest BCUT2D eigenvalue weighted by atomic mass is 19.1. The van der Waals surface area contributed by atoms with Crippen molar-refractivity contribution < 1.29 is 9.18 Å². The average Bonchev–Trinajstić information content (AvgIpc) is 3.32. The second kappa shape index (κ2) is 8.19. The fraction of sp³-hybridized carbons (Fsp3) is 0.385. The molecular formula is C26H24FN3O. The molecule has 2 aliphatic rings. The van der Waals surface area contributed by atoms with Crippen molar-refractivity contribution in [1.82, 2.24) is 9.97 Å².